The molecule has 1 atom stereocenters. The largest absolute Gasteiger partial charge is 0.396 e. The summed E-state index contributed by atoms with van der Waals surface area (Å²) < 4.78 is 0. The fraction of sp³-hybridized carbons (Fsp3) is 0.467. The molecule has 0 aliphatic rings. The van der Waals surface area contributed by atoms with Crippen LogP contribution in [0.15, 0.2) is 24.3 Å². The Morgan fingerprint density at radius 2 is 2.12 bits per heavy atom. The van der Waals surface area contributed by atoms with Crippen LogP contribution in [0.1, 0.15) is 36.8 Å². The summed E-state index contributed by atoms with van der Waals surface area (Å²) in [4.78, 5) is 0. The Morgan fingerprint density at radius 1 is 1.29 bits per heavy atom. The molecule has 1 rings (SSSR count). The summed E-state index contributed by atoms with van der Waals surface area (Å²) in [5.74, 6) is 6.04. The molecule has 0 amide bonds. The van der Waals surface area contributed by atoms with E-state index in [0.717, 1.165) is 18.4 Å². The Labute approximate surface area is 103 Å². The lowest BCUT2D eigenvalue weighted by Gasteiger charge is -2.04. The van der Waals surface area contributed by atoms with Crippen LogP contribution in [0, 0.1) is 18.8 Å². The quantitative estimate of drug-likeness (QED) is 0.604. The smallest absolute Gasteiger partial charge is 0.0649 e. The third-order valence-corrected chi connectivity index (χ3v) is 2.53. The first kappa shape index (κ1) is 13.8. The molecular formula is C15H20O2. The normalized spacial score (nSPS) is 11.7. The zero-order valence-electron chi connectivity index (χ0n) is 10.3. The predicted molar refractivity (Wildman–Crippen MR) is 69.6 cm³/mol. The maximum atomic E-state index is 9.62. The van der Waals surface area contributed by atoms with Gasteiger partial charge in [0.25, 0.3) is 0 Å². The third-order valence-electron chi connectivity index (χ3n) is 2.53. The number of benzene rings is 1. The molecule has 2 heteroatoms. The van der Waals surface area contributed by atoms with Gasteiger partial charge in [-0.15, -0.1) is 0 Å². The van der Waals surface area contributed by atoms with Crippen molar-refractivity contribution in [1.82, 2.24) is 0 Å². The van der Waals surface area contributed by atoms with Crippen LogP contribution in [-0.4, -0.2) is 22.9 Å². The second kappa shape index (κ2) is 7.89. The molecule has 0 bridgehead atoms. The monoisotopic (exact) mass is 232 g/mol. The van der Waals surface area contributed by atoms with Crippen molar-refractivity contribution in [3.05, 3.63) is 35.4 Å². The molecule has 0 aliphatic heterocycles. The van der Waals surface area contributed by atoms with Crippen LogP contribution < -0.4 is 0 Å². The van der Waals surface area contributed by atoms with Crippen molar-refractivity contribution >= 4 is 0 Å². The number of aliphatic hydroxyl groups is 2. The molecule has 0 aliphatic carbocycles. The lowest BCUT2D eigenvalue weighted by molar-refractivity contribution is 0.162. The average Bonchev–Trinajstić information content (AvgIpc) is 2.29. The van der Waals surface area contributed by atoms with Gasteiger partial charge in [-0.3, -0.25) is 0 Å². The maximum Gasteiger partial charge on any atom is 0.0649 e. The molecular weight excluding hydrogens is 212 g/mol. The van der Waals surface area contributed by atoms with Crippen LogP contribution in [-0.2, 0) is 0 Å². The summed E-state index contributed by atoms with van der Waals surface area (Å²) in [5.41, 5.74) is 2.19. The van der Waals surface area contributed by atoms with Gasteiger partial charge in [-0.2, -0.15) is 0 Å². The van der Waals surface area contributed by atoms with E-state index in [9.17, 15) is 5.11 Å². The van der Waals surface area contributed by atoms with Gasteiger partial charge in [0.1, 0.15) is 0 Å². The number of hydrogen-bond donors (Lipinski definition) is 2. The second-order valence-electron chi connectivity index (χ2n) is 4.25. The number of unbranched alkanes of at least 4 members (excludes halogenated alkanes) is 1. The summed E-state index contributed by atoms with van der Waals surface area (Å²) >= 11 is 0. The molecule has 2 nitrogen and oxygen atoms in total. The molecule has 0 spiro atoms. The van der Waals surface area contributed by atoms with E-state index in [-0.39, 0.29) is 12.7 Å². The van der Waals surface area contributed by atoms with Crippen LogP contribution in [0.2, 0.25) is 0 Å². The van der Waals surface area contributed by atoms with Crippen molar-refractivity contribution in [3.8, 4) is 11.8 Å². The Morgan fingerprint density at radius 3 is 2.82 bits per heavy atom. The highest BCUT2D eigenvalue weighted by atomic mass is 16.3. The first-order valence-corrected chi connectivity index (χ1v) is 6.07. The van der Waals surface area contributed by atoms with Gasteiger partial charge in [0.15, 0.2) is 0 Å². The molecule has 2 N–H and O–H groups in total. The van der Waals surface area contributed by atoms with Gasteiger partial charge in [0.2, 0.25) is 0 Å². The SMILES string of the molecule is Cc1cccc(C#CCC(O)CCCCO)c1. The van der Waals surface area contributed by atoms with Crippen molar-refractivity contribution in [2.45, 2.75) is 38.7 Å². The number of aliphatic hydroxyl groups excluding tert-OH is 2. The Bertz CT molecular complexity index is 387. The van der Waals surface area contributed by atoms with E-state index in [1.807, 2.05) is 31.2 Å². The van der Waals surface area contributed by atoms with Crippen molar-refractivity contribution in [1.29, 1.82) is 0 Å². The molecule has 1 unspecified atom stereocenters. The molecule has 0 radical (unpaired) electrons. The van der Waals surface area contributed by atoms with Gasteiger partial charge < -0.3 is 10.2 Å². The Hall–Kier alpha value is -1.30. The first-order chi connectivity index (χ1) is 8.22. The summed E-state index contributed by atoms with van der Waals surface area (Å²) in [5, 5.41) is 18.2. The van der Waals surface area contributed by atoms with Crippen LogP contribution in [0.25, 0.3) is 0 Å². The van der Waals surface area contributed by atoms with E-state index in [1.165, 1.54) is 5.56 Å². The minimum absolute atomic E-state index is 0.196. The molecule has 0 saturated heterocycles. The number of aryl methyl sites for hydroxylation is 1. The lowest BCUT2D eigenvalue weighted by Crippen LogP contribution is -2.05. The molecule has 17 heavy (non-hydrogen) atoms. The van der Waals surface area contributed by atoms with Crippen LogP contribution in [0.3, 0.4) is 0 Å². The lowest BCUT2D eigenvalue weighted by atomic mass is 10.1. The summed E-state index contributed by atoms with van der Waals surface area (Å²) in [6, 6.07) is 8.02. The summed E-state index contributed by atoms with van der Waals surface area (Å²) in [6.07, 6.45) is 2.44. The molecule has 92 valence electrons. The van der Waals surface area contributed by atoms with E-state index in [0.29, 0.717) is 12.8 Å². The van der Waals surface area contributed by atoms with Gasteiger partial charge in [-0.1, -0.05) is 24.0 Å². The number of rotatable bonds is 5. The van der Waals surface area contributed by atoms with Gasteiger partial charge in [-0.25, -0.2) is 0 Å². The highest BCUT2D eigenvalue weighted by Crippen LogP contribution is 2.05. The minimum atomic E-state index is -0.376. The third kappa shape index (κ3) is 6.11. The van der Waals surface area contributed by atoms with E-state index in [2.05, 4.69) is 11.8 Å². The Kier molecular flexibility index (Phi) is 6.39. The maximum absolute atomic E-state index is 9.62. The second-order valence-corrected chi connectivity index (χ2v) is 4.25. The molecule has 1 aromatic carbocycles. The highest BCUT2D eigenvalue weighted by molar-refractivity contribution is 5.36. The van der Waals surface area contributed by atoms with Crippen LogP contribution in [0.5, 0.6) is 0 Å². The summed E-state index contributed by atoms with van der Waals surface area (Å²) in [6.45, 7) is 2.23. The first-order valence-electron chi connectivity index (χ1n) is 6.07. The Balaban J connectivity index is 2.35. The standard InChI is InChI=1S/C15H20O2/c1-13-6-4-7-14(12-13)8-5-10-15(17)9-2-3-11-16/h4,6-7,12,15-17H,2-3,9-11H2,1H3. The topological polar surface area (TPSA) is 40.5 Å². The molecule has 0 saturated carbocycles. The van der Waals surface area contributed by atoms with Crippen molar-refractivity contribution in [2.75, 3.05) is 6.61 Å². The van der Waals surface area contributed by atoms with E-state index in [4.69, 9.17) is 5.11 Å². The highest BCUT2D eigenvalue weighted by Gasteiger charge is 2.00. The molecule has 1 aromatic rings. The zero-order chi connectivity index (χ0) is 12.5. The summed E-state index contributed by atoms with van der Waals surface area (Å²) in [7, 11) is 0. The fourth-order valence-corrected chi connectivity index (χ4v) is 1.59. The van der Waals surface area contributed by atoms with Crippen LogP contribution in [0.4, 0.5) is 0 Å². The van der Waals surface area contributed by atoms with E-state index < -0.39 is 0 Å². The van der Waals surface area contributed by atoms with Gasteiger partial charge in [-0.05, 0) is 43.9 Å². The van der Waals surface area contributed by atoms with Gasteiger partial charge in [0, 0.05) is 18.6 Å². The van der Waals surface area contributed by atoms with E-state index in [1.54, 1.807) is 0 Å². The molecule has 0 heterocycles. The van der Waals surface area contributed by atoms with E-state index >= 15 is 0 Å². The van der Waals surface area contributed by atoms with Gasteiger partial charge in [0.05, 0.1) is 6.10 Å². The zero-order valence-corrected chi connectivity index (χ0v) is 10.3. The van der Waals surface area contributed by atoms with Crippen molar-refractivity contribution in [3.63, 3.8) is 0 Å². The van der Waals surface area contributed by atoms with Crippen LogP contribution >= 0.6 is 0 Å². The van der Waals surface area contributed by atoms with Crippen molar-refractivity contribution < 1.29 is 10.2 Å². The molecule has 0 aromatic heterocycles. The minimum Gasteiger partial charge on any atom is -0.396 e. The van der Waals surface area contributed by atoms with Crippen molar-refractivity contribution in [2.24, 2.45) is 0 Å². The molecule has 0 fully saturated rings. The predicted octanol–water partition coefficient (Wildman–Crippen LogP) is 2.26. The average molecular weight is 232 g/mol. The number of hydrogen-bond acceptors (Lipinski definition) is 2. The van der Waals surface area contributed by atoms with Gasteiger partial charge >= 0.3 is 0 Å². The fourth-order valence-electron chi connectivity index (χ4n) is 1.59.